The number of aliphatic hydroxyl groups is 1. The molecule has 0 saturated carbocycles. The molecule has 3 nitrogen and oxygen atoms in total. The molecular formula is C11H10ClNO2S. The van der Waals surface area contributed by atoms with E-state index in [4.69, 9.17) is 16.3 Å². The SMILES string of the molecule is COc1ccccc1-c1nc(Cl)sc1CO. The smallest absolute Gasteiger partial charge is 0.184 e. The highest BCUT2D eigenvalue weighted by atomic mass is 35.5. The number of rotatable bonds is 3. The Balaban J connectivity index is 2.57. The lowest BCUT2D eigenvalue weighted by molar-refractivity contribution is 0.286. The van der Waals surface area contributed by atoms with Gasteiger partial charge in [0.15, 0.2) is 4.47 Å². The first kappa shape index (κ1) is 11.4. The summed E-state index contributed by atoms with van der Waals surface area (Å²) >= 11 is 7.12. The van der Waals surface area contributed by atoms with Crippen molar-refractivity contribution < 1.29 is 9.84 Å². The summed E-state index contributed by atoms with van der Waals surface area (Å²) in [6.45, 7) is -0.0717. The number of nitrogens with zero attached hydrogens (tertiary/aromatic N) is 1. The summed E-state index contributed by atoms with van der Waals surface area (Å²) in [7, 11) is 1.60. The largest absolute Gasteiger partial charge is 0.496 e. The topological polar surface area (TPSA) is 42.4 Å². The lowest BCUT2D eigenvalue weighted by Crippen LogP contribution is -1.90. The third-order valence-corrected chi connectivity index (χ3v) is 3.32. The van der Waals surface area contributed by atoms with E-state index >= 15 is 0 Å². The van der Waals surface area contributed by atoms with Crippen LogP contribution in [0.1, 0.15) is 4.88 Å². The predicted molar refractivity (Wildman–Crippen MR) is 65.0 cm³/mol. The number of benzene rings is 1. The molecule has 0 saturated heterocycles. The van der Waals surface area contributed by atoms with Crippen molar-refractivity contribution in [2.75, 3.05) is 7.11 Å². The Morgan fingerprint density at radius 3 is 2.88 bits per heavy atom. The first-order chi connectivity index (χ1) is 7.76. The summed E-state index contributed by atoms with van der Waals surface area (Å²) in [5.41, 5.74) is 1.53. The molecule has 1 aromatic carbocycles. The van der Waals surface area contributed by atoms with Crippen LogP contribution in [-0.4, -0.2) is 17.2 Å². The van der Waals surface area contributed by atoms with Crippen molar-refractivity contribution in [3.05, 3.63) is 33.6 Å². The molecule has 0 spiro atoms. The standard InChI is InChI=1S/C11H10ClNO2S/c1-15-8-5-3-2-4-7(8)10-9(6-14)16-11(12)13-10/h2-5,14H,6H2,1H3. The van der Waals surface area contributed by atoms with E-state index in [0.717, 1.165) is 16.2 Å². The molecule has 16 heavy (non-hydrogen) atoms. The van der Waals surface area contributed by atoms with E-state index in [2.05, 4.69) is 4.98 Å². The summed E-state index contributed by atoms with van der Waals surface area (Å²) in [4.78, 5) is 4.95. The van der Waals surface area contributed by atoms with Gasteiger partial charge in [0.05, 0.1) is 24.3 Å². The lowest BCUT2D eigenvalue weighted by Gasteiger charge is -2.06. The van der Waals surface area contributed by atoms with E-state index in [9.17, 15) is 5.11 Å². The van der Waals surface area contributed by atoms with Crippen LogP contribution in [-0.2, 0) is 6.61 Å². The zero-order valence-corrected chi connectivity index (χ0v) is 10.2. The van der Waals surface area contributed by atoms with Crippen molar-refractivity contribution in [1.82, 2.24) is 4.98 Å². The second-order valence-electron chi connectivity index (χ2n) is 3.10. The Morgan fingerprint density at radius 1 is 1.44 bits per heavy atom. The zero-order valence-electron chi connectivity index (χ0n) is 8.61. The molecule has 0 unspecified atom stereocenters. The van der Waals surface area contributed by atoms with Gasteiger partial charge in [0, 0.05) is 5.56 Å². The van der Waals surface area contributed by atoms with Crippen LogP contribution in [0.4, 0.5) is 0 Å². The van der Waals surface area contributed by atoms with Crippen molar-refractivity contribution in [1.29, 1.82) is 0 Å². The van der Waals surface area contributed by atoms with Gasteiger partial charge in [-0.15, -0.1) is 11.3 Å². The minimum atomic E-state index is -0.0717. The molecule has 0 atom stereocenters. The molecule has 2 rings (SSSR count). The summed E-state index contributed by atoms with van der Waals surface area (Å²) in [6, 6.07) is 7.52. The molecule has 5 heteroatoms. The van der Waals surface area contributed by atoms with Gasteiger partial charge in [-0.3, -0.25) is 0 Å². The Hall–Kier alpha value is -1.10. The lowest BCUT2D eigenvalue weighted by atomic mass is 10.1. The summed E-state index contributed by atoms with van der Waals surface area (Å²) in [6.07, 6.45) is 0. The minimum absolute atomic E-state index is 0.0717. The van der Waals surface area contributed by atoms with E-state index in [1.165, 1.54) is 11.3 Å². The van der Waals surface area contributed by atoms with Gasteiger partial charge in [0.2, 0.25) is 0 Å². The quantitative estimate of drug-likeness (QED) is 0.917. The summed E-state index contributed by atoms with van der Waals surface area (Å²) < 4.78 is 5.67. The highest BCUT2D eigenvalue weighted by Crippen LogP contribution is 2.35. The molecular weight excluding hydrogens is 246 g/mol. The second kappa shape index (κ2) is 4.82. The van der Waals surface area contributed by atoms with Gasteiger partial charge >= 0.3 is 0 Å². The maximum absolute atomic E-state index is 9.23. The molecule has 1 heterocycles. The van der Waals surface area contributed by atoms with Crippen LogP contribution in [0.25, 0.3) is 11.3 Å². The number of hydrogen-bond acceptors (Lipinski definition) is 4. The molecule has 0 bridgehead atoms. The monoisotopic (exact) mass is 255 g/mol. The fourth-order valence-corrected chi connectivity index (χ4v) is 2.50. The number of aliphatic hydroxyl groups excluding tert-OH is 1. The number of aromatic nitrogens is 1. The molecule has 1 N–H and O–H groups in total. The van der Waals surface area contributed by atoms with Gasteiger partial charge in [-0.2, -0.15) is 0 Å². The van der Waals surface area contributed by atoms with Crippen LogP contribution < -0.4 is 4.74 Å². The van der Waals surface area contributed by atoms with Crippen LogP contribution in [0.2, 0.25) is 4.47 Å². The van der Waals surface area contributed by atoms with Gasteiger partial charge < -0.3 is 9.84 Å². The van der Waals surface area contributed by atoms with Gasteiger partial charge in [-0.1, -0.05) is 23.7 Å². The van der Waals surface area contributed by atoms with Crippen LogP contribution in [0.3, 0.4) is 0 Å². The average Bonchev–Trinajstić information content (AvgIpc) is 2.70. The number of thiazole rings is 1. The van der Waals surface area contributed by atoms with Crippen LogP contribution in [0.15, 0.2) is 24.3 Å². The number of halogens is 1. The Morgan fingerprint density at radius 2 is 2.19 bits per heavy atom. The minimum Gasteiger partial charge on any atom is -0.496 e. The van der Waals surface area contributed by atoms with Gasteiger partial charge in [0.25, 0.3) is 0 Å². The van der Waals surface area contributed by atoms with Gasteiger partial charge in [-0.05, 0) is 12.1 Å². The predicted octanol–water partition coefficient (Wildman–Crippen LogP) is 2.96. The zero-order chi connectivity index (χ0) is 11.5. The van der Waals surface area contributed by atoms with Crippen LogP contribution >= 0.6 is 22.9 Å². The normalized spacial score (nSPS) is 10.4. The third kappa shape index (κ3) is 2.04. The summed E-state index contributed by atoms with van der Waals surface area (Å²) in [5.74, 6) is 0.721. The first-order valence-corrected chi connectivity index (χ1v) is 5.85. The second-order valence-corrected chi connectivity index (χ2v) is 4.76. The molecule has 2 aromatic rings. The van der Waals surface area contributed by atoms with E-state index < -0.39 is 0 Å². The molecule has 0 radical (unpaired) electrons. The fourth-order valence-electron chi connectivity index (χ4n) is 1.48. The fraction of sp³-hybridized carbons (Fsp3) is 0.182. The molecule has 0 aliphatic carbocycles. The van der Waals surface area contributed by atoms with E-state index in [1.54, 1.807) is 7.11 Å². The van der Waals surface area contributed by atoms with Crippen molar-refractivity contribution in [2.45, 2.75) is 6.61 Å². The highest BCUT2D eigenvalue weighted by molar-refractivity contribution is 7.16. The van der Waals surface area contributed by atoms with E-state index in [-0.39, 0.29) is 6.61 Å². The average molecular weight is 256 g/mol. The third-order valence-electron chi connectivity index (χ3n) is 2.18. The maximum Gasteiger partial charge on any atom is 0.184 e. The molecule has 0 aliphatic heterocycles. The van der Waals surface area contributed by atoms with Crippen molar-refractivity contribution in [2.24, 2.45) is 0 Å². The number of ether oxygens (including phenoxy) is 1. The van der Waals surface area contributed by atoms with E-state index in [0.29, 0.717) is 10.2 Å². The molecule has 1 aromatic heterocycles. The van der Waals surface area contributed by atoms with Crippen LogP contribution in [0.5, 0.6) is 5.75 Å². The molecule has 0 fully saturated rings. The Labute approximate surface area is 102 Å². The summed E-state index contributed by atoms with van der Waals surface area (Å²) in [5, 5.41) is 9.23. The Kier molecular flexibility index (Phi) is 3.43. The molecule has 84 valence electrons. The first-order valence-electron chi connectivity index (χ1n) is 4.65. The van der Waals surface area contributed by atoms with Gasteiger partial charge in [0.1, 0.15) is 5.75 Å². The molecule has 0 aliphatic rings. The number of hydrogen-bond donors (Lipinski definition) is 1. The Bertz CT molecular complexity index is 498. The van der Waals surface area contributed by atoms with Gasteiger partial charge in [-0.25, -0.2) is 4.98 Å². The maximum atomic E-state index is 9.23. The van der Waals surface area contributed by atoms with Crippen molar-refractivity contribution >= 4 is 22.9 Å². The highest BCUT2D eigenvalue weighted by Gasteiger charge is 2.14. The number of para-hydroxylation sites is 1. The number of methoxy groups -OCH3 is 1. The van der Waals surface area contributed by atoms with Crippen molar-refractivity contribution in [3.8, 4) is 17.0 Å². The van der Waals surface area contributed by atoms with Crippen LogP contribution in [0, 0.1) is 0 Å². The van der Waals surface area contributed by atoms with E-state index in [1.807, 2.05) is 24.3 Å². The molecule has 0 amide bonds. The van der Waals surface area contributed by atoms with Crippen molar-refractivity contribution in [3.63, 3.8) is 0 Å².